The lowest BCUT2D eigenvalue weighted by Crippen LogP contribution is -2.25. The molecule has 0 bridgehead atoms. The van der Waals surface area contributed by atoms with E-state index < -0.39 is 11.9 Å². The Labute approximate surface area is 95.1 Å². The summed E-state index contributed by atoms with van der Waals surface area (Å²) in [6.45, 7) is 0.881. The van der Waals surface area contributed by atoms with Crippen molar-refractivity contribution in [3.63, 3.8) is 0 Å². The Morgan fingerprint density at radius 2 is 2.27 bits per heavy atom. The monoisotopic (exact) mass is 225 g/mol. The van der Waals surface area contributed by atoms with Crippen LogP contribution in [0.2, 0.25) is 0 Å². The van der Waals surface area contributed by atoms with Gasteiger partial charge in [-0.25, -0.2) is 0 Å². The van der Waals surface area contributed by atoms with Gasteiger partial charge in [-0.1, -0.05) is 30.4 Å². The normalized spacial score (nSPS) is 20.6. The van der Waals surface area contributed by atoms with Crippen molar-refractivity contribution in [2.75, 3.05) is 20.6 Å². The van der Waals surface area contributed by atoms with E-state index in [1.807, 2.05) is 20.2 Å². The van der Waals surface area contributed by atoms with E-state index in [1.54, 1.807) is 12.2 Å². The van der Waals surface area contributed by atoms with Crippen LogP contribution < -0.4 is 0 Å². The molecule has 1 aliphatic rings. The zero-order valence-corrected chi connectivity index (χ0v) is 9.75. The minimum atomic E-state index is -0.869. The predicted molar refractivity (Wildman–Crippen MR) is 64.1 cm³/mol. The van der Waals surface area contributed by atoms with E-state index in [9.17, 15) is 4.79 Å². The van der Waals surface area contributed by atoms with Crippen LogP contribution in [0.3, 0.4) is 0 Å². The molecule has 0 aromatic rings. The molecule has 3 nitrogen and oxygen atoms in total. The number of nitrogens with zero attached hydrogens (tertiary/aromatic N) is 1. The van der Waals surface area contributed by atoms with Crippen molar-refractivity contribution in [2.45, 2.75) is 6.42 Å². The molecule has 1 aliphatic carbocycles. The quantitative estimate of drug-likeness (QED) is 0.736. The van der Waals surface area contributed by atoms with E-state index in [2.05, 4.69) is 4.90 Å². The van der Waals surface area contributed by atoms with Gasteiger partial charge < -0.3 is 10.0 Å². The molecule has 0 saturated heterocycles. The first-order valence-electron chi connectivity index (χ1n) is 4.81. The Bertz CT molecular complexity index is 331. The summed E-state index contributed by atoms with van der Waals surface area (Å²) < 4.78 is 0. The van der Waals surface area contributed by atoms with E-state index in [-0.39, 0.29) is 0 Å². The van der Waals surface area contributed by atoms with Crippen molar-refractivity contribution >= 4 is 23.1 Å². The molecule has 0 amide bonds. The number of thiocarbonyl (C=S) groups is 1. The lowest BCUT2D eigenvalue weighted by atomic mass is 9.92. The van der Waals surface area contributed by atoms with Crippen LogP contribution in [0.5, 0.6) is 0 Å². The van der Waals surface area contributed by atoms with Crippen LogP contribution in [0.4, 0.5) is 0 Å². The largest absolute Gasteiger partial charge is 0.481 e. The summed E-state index contributed by atoms with van der Waals surface area (Å²) in [5.41, 5.74) is 0.966. The van der Waals surface area contributed by atoms with Gasteiger partial charge in [0.2, 0.25) is 0 Å². The van der Waals surface area contributed by atoms with Crippen LogP contribution in [0.1, 0.15) is 6.42 Å². The minimum Gasteiger partial charge on any atom is -0.481 e. The van der Waals surface area contributed by atoms with E-state index in [4.69, 9.17) is 17.3 Å². The summed E-state index contributed by atoms with van der Waals surface area (Å²) in [7, 11) is 3.97. The predicted octanol–water partition coefficient (Wildman–Crippen LogP) is 1.51. The second-order valence-electron chi connectivity index (χ2n) is 3.81. The average molecular weight is 225 g/mol. The minimum absolute atomic E-state index is 0.548. The maximum atomic E-state index is 10.9. The molecule has 82 valence electrons. The number of rotatable bonds is 4. The highest BCUT2D eigenvalue weighted by atomic mass is 32.1. The molecule has 15 heavy (non-hydrogen) atoms. The fourth-order valence-electron chi connectivity index (χ4n) is 1.40. The number of carbonyl (C=O) groups is 1. The third-order valence-electron chi connectivity index (χ3n) is 2.29. The van der Waals surface area contributed by atoms with Crippen molar-refractivity contribution in [3.05, 3.63) is 23.8 Å². The fraction of sp³-hybridized carbons (Fsp3) is 0.455. The third kappa shape index (κ3) is 3.25. The van der Waals surface area contributed by atoms with Gasteiger partial charge in [0.05, 0.1) is 0 Å². The summed E-state index contributed by atoms with van der Waals surface area (Å²) in [5.74, 6) is -1.49. The standard InChI is InChI=1S/C11H15NO2S/c1-12(2)7-6-8-4-3-5-9(10(8)15)11(13)14/h3-5,9H,6-7H2,1-2H3,(H,13,14). The molecule has 1 unspecified atom stereocenters. The van der Waals surface area contributed by atoms with Crippen LogP contribution in [-0.2, 0) is 4.79 Å². The molecule has 1 atom stereocenters. The van der Waals surface area contributed by atoms with Crippen LogP contribution in [0.25, 0.3) is 0 Å². The lowest BCUT2D eigenvalue weighted by Gasteiger charge is -2.18. The number of hydrogen-bond acceptors (Lipinski definition) is 3. The molecule has 0 spiro atoms. The van der Waals surface area contributed by atoms with Gasteiger partial charge in [0, 0.05) is 11.4 Å². The first kappa shape index (κ1) is 12.1. The zero-order chi connectivity index (χ0) is 11.4. The van der Waals surface area contributed by atoms with Crippen molar-refractivity contribution in [2.24, 2.45) is 5.92 Å². The Morgan fingerprint density at radius 3 is 2.80 bits per heavy atom. The number of carboxylic acids is 1. The van der Waals surface area contributed by atoms with Crippen LogP contribution in [-0.4, -0.2) is 41.5 Å². The lowest BCUT2D eigenvalue weighted by molar-refractivity contribution is -0.137. The summed E-state index contributed by atoms with van der Waals surface area (Å²) in [4.78, 5) is 13.5. The zero-order valence-electron chi connectivity index (χ0n) is 8.93. The maximum absolute atomic E-state index is 10.9. The van der Waals surface area contributed by atoms with E-state index in [1.165, 1.54) is 0 Å². The number of carboxylic acid groups (broad SMARTS) is 1. The van der Waals surface area contributed by atoms with Gasteiger partial charge in [0.15, 0.2) is 0 Å². The fourth-order valence-corrected chi connectivity index (χ4v) is 1.75. The van der Waals surface area contributed by atoms with Crippen molar-refractivity contribution in [1.82, 2.24) is 4.90 Å². The van der Waals surface area contributed by atoms with Crippen LogP contribution in [0, 0.1) is 5.92 Å². The van der Waals surface area contributed by atoms with Crippen LogP contribution in [0.15, 0.2) is 23.8 Å². The Hall–Kier alpha value is -1.00. The molecule has 0 fully saturated rings. The maximum Gasteiger partial charge on any atom is 0.315 e. The van der Waals surface area contributed by atoms with Crippen molar-refractivity contribution < 1.29 is 9.90 Å². The average Bonchev–Trinajstić information content (AvgIpc) is 2.15. The summed E-state index contributed by atoms with van der Waals surface area (Å²) in [5, 5.41) is 8.93. The van der Waals surface area contributed by atoms with Gasteiger partial charge in [-0.15, -0.1) is 0 Å². The highest BCUT2D eigenvalue weighted by Crippen LogP contribution is 2.19. The molecule has 0 heterocycles. The van der Waals surface area contributed by atoms with E-state index >= 15 is 0 Å². The van der Waals surface area contributed by atoms with Crippen molar-refractivity contribution in [1.29, 1.82) is 0 Å². The highest BCUT2D eigenvalue weighted by Gasteiger charge is 2.23. The molecule has 1 N–H and O–H groups in total. The second-order valence-corrected chi connectivity index (χ2v) is 4.25. The number of aliphatic carboxylic acids is 1. The van der Waals surface area contributed by atoms with Crippen molar-refractivity contribution in [3.8, 4) is 0 Å². The number of hydrogen-bond donors (Lipinski definition) is 1. The molecule has 0 aromatic heterocycles. The van der Waals surface area contributed by atoms with Gasteiger partial charge >= 0.3 is 5.97 Å². The Balaban J connectivity index is 2.67. The first-order valence-corrected chi connectivity index (χ1v) is 5.22. The smallest absolute Gasteiger partial charge is 0.315 e. The molecule has 0 radical (unpaired) electrons. The van der Waals surface area contributed by atoms with Gasteiger partial charge in [-0.05, 0) is 26.1 Å². The summed E-state index contributed by atoms with van der Waals surface area (Å²) in [6, 6.07) is 0. The third-order valence-corrected chi connectivity index (χ3v) is 2.81. The summed E-state index contributed by atoms with van der Waals surface area (Å²) in [6.07, 6.45) is 6.12. The molecular weight excluding hydrogens is 210 g/mol. The Kier molecular flexibility index (Phi) is 4.17. The highest BCUT2D eigenvalue weighted by molar-refractivity contribution is 7.81. The molecule has 0 saturated carbocycles. The molecule has 0 aliphatic heterocycles. The Morgan fingerprint density at radius 1 is 1.60 bits per heavy atom. The SMILES string of the molecule is CN(C)CCC1=CC=CC(C(=O)O)C1=S. The second kappa shape index (κ2) is 5.19. The molecular formula is C11H15NO2S. The van der Waals surface area contributed by atoms with Gasteiger partial charge in [-0.2, -0.15) is 0 Å². The topological polar surface area (TPSA) is 40.5 Å². The molecule has 1 rings (SSSR count). The van der Waals surface area contributed by atoms with E-state index in [0.717, 1.165) is 18.5 Å². The van der Waals surface area contributed by atoms with Gasteiger partial charge in [-0.3, -0.25) is 4.79 Å². The van der Waals surface area contributed by atoms with Gasteiger partial charge in [0.1, 0.15) is 5.92 Å². The molecule has 4 heteroatoms. The molecule has 0 aromatic carbocycles. The summed E-state index contributed by atoms with van der Waals surface area (Å²) >= 11 is 5.16. The first-order chi connectivity index (χ1) is 7.02. The van der Waals surface area contributed by atoms with Gasteiger partial charge in [0.25, 0.3) is 0 Å². The van der Waals surface area contributed by atoms with E-state index in [0.29, 0.717) is 4.86 Å². The van der Waals surface area contributed by atoms with Crippen LogP contribution >= 0.6 is 12.2 Å². The number of allylic oxidation sites excluding steroid dienone is 2.